The molecule has 0 atom stereocenters. The van der Waals surface area contributed by atoms with Crippen molar-refractivity contribution in [3.05, 3.63) is 47.0 Å². The molecule has 0 fully saturated rings. The van der Waals surface area contributed by atoms with E-state index in [9.17, 15) is 4.79 Å². The molecule has 0 radical (unpaired) electrons. The number of nitrogens with two attached hydrogens (primary N) is 1. The number of nitrogen functional groups attached to an aromatic ring is 1. The lowest BCUT2D eigenvalue weighted by Crippen LogP contribution is -2.20. The summed E-state index contributed by atoms with van der Waals surface area (Å²) < 4.78 is 6.32. The number of aromatic nitrogens is 1. The van der Waals surface area contributed by atoms with E-state index in [2.05, 4.69) is 22.7 Å². The molecule has 3 aromatic rings. The van der Waals surface area contributed by atoms with Crippen molar-refractivity contribution in [1.29, 1.82) is 0 Å². The van der Waals surface area contributed by atoms with E-state index in [0.717, 1.165) is 11.1 Å². The number of thiazole rings is 1. The minimum absolute atomic E-state index is 0.0839. The van der Waals surface area contributed by atoms with Crippen LogP contribution in [0.4, 0.5) is 10.8 Å². The van der Waals surface area contributed by atoms with E-state index >= 15 is 0 Å². The molecular formula is C17H17ClN4O2S. The van der Waals surface area contributed by atoms with Gasteiger partial charge in [-0.25, -0.2) is 10.8 Å². The molecule has 130 valence electrons. The minimum atomic E-state index is -0.267. The number of nitrogens with one attached hydrogen (secondary N) is 2. The number of hydrogen-bond acceptors (Lipinski definition) is 6. The van der Waals surface area contributed by atoms with Gasteiger partial charge in [0.05, 0.1) is 9.72 Å². The summed E-state index contributed by atoms with van der Waals surface area (Å²) in [6.45, 7) is 2.00. The quantitative estimate of drug-likeness (QED) is 0.449. The van der Waals surface area contributed by atoms with Crippen molar-refractivity contribution >= 4 is 49.9 Å². The van der Waals surface area contributed by atoms with Crippen molar-refractivity contribution in [3.8, 4) is 5.75 Å². The Kier molecular flexibility index (Phi) is 5.37. The first-order chi connectivity index (χ1) is 12.1. The predicted molar refractivity (Wildman–Crippen MR) is 102 cm³/mol. The zero-order valence-corrected chi connectivity index (χ0v) is 15.1. The van der Waals surface area contributed by atoms with Crippen LogP contribution in [0.1, 0.15) is 12.5 Å². The summed E-state index contributed by atoms with van der Waals surface area (Å²) in [7, 11) is 0. The van der Waals surface area contributed by atoms with Crippen LogP contribution in [0, 0.1) is 0 Å². The number of ether oxygens (including phenoxy) is 1. The number of nitrogens with zero attached hydrogens (tertiary/aromatic N) is 1. The molecule has 2 aromatic carbocycles. The van der Waals surface area contributed by atoms with Crippen molar-refractivity contribution in [3.63, 3.8) is 0 Å². The van der Waals surface area contributed by atoms with E-state index in [1.165, 1.54) is 16.9 Å². The maximum absolute atomic E-state index is 12.1. The number of rotatable bonds is 6. The van der Waals surface area contributed by atoms with E-state index < -0.39 is 0 Å². The summed E-state index contributed by atoms with van der Waals surface area (Å²) in [6.07, 6.45) is 0.961. The van der Waals surface area contributed by atoms with Crippen LogP contribution in [-0.4, -0.2) is 17.5 Å². The fraction of sp³-hybridized carbons (Fsp3) is 0.176. The van der Waals surface area contributed by atoms with Crippen molar-refractivity contribution in [1.82, 2.24) is 4.98 Å². The summed E-state index contributed by atoms with van der Waals surface area (Å²) in [5, 5.41) is 3.77. The number of benzene rings is 2. The number of aryl methyl sites for hydroxylation is 1. The third-order valence-corrected chi connectivity index (χ3v) is 4.78. The molecule has 3 rings (SSSR count). The summed E-state index contributed by atoms with van der Waals surface area (Å²) in [5.41, 5.74) is 4.94. The Balaban J connectivity index is 1.64. The Morgan fingerprint density at radius 1 is 1.32 bits per heavy atom. The molecule has 1 aromatic heterocycles. The number of fused-ring (bicyclic) bond motifs is 1. The molecule has 0 saturated carbocycles. The predicted octanol–water partition coefficient (Wildman–Crippen LogP) is 3.82. The Bertz CT molecular complexity index is 896. The highest BCUT2D eigenvalue weighted by molar-refractivity contribution is 7.22. The molecule has 0 aliphatic rings. The lowest BCUT2D eigenvalue weighted by atomic mass is 10.2. The number of hydrogen-bond donors (Lipinski definition) is 3. The van der Waals surface area contributed by atoms with E-state index in [4.69, 9.17) is 22.2 Å². The second-order valence-electron chi connectivity index (χ2n) is 5.30. The molecule has 0 bridgehead atoms. The van der Waals surface area contributed by atoms with Crippen LogP contribution in [0.5, 0.6) is 5.75 Å². The monoisotopic (exact) mass is 376 g/mol. The summed E-state index contributed by atoms with van der Waals surface area (Å²) >= 11 is 7.56. The molecule has 25 heavy (non-hydrogen) atoms. The lowest BCUT2D eigenvalue weighted by molar-refractivity contribution is -0.118. The van der Waals surface area contributed by atoms with Crippen molar-refractivity contribution in [2.75, 3.05) is 17.3 Å². The second kappa shape index (κ2) is 7.69. The molecule has 0 spiro atoms. The van der Waals surface area contributed by atoms with Gasteiger partial charge in [0.15, 0.2) is 11.7 Å². The third-order valence-electron chi connectivity index (χ3n) is 3.56. The van der Waals surface area contributed by atoms with Gasteiger partial charge in [0.2, 0.25) is 0 Å². The second-order valence-corrected chi connectivity index (χ2v) is 6.74. The van der Waals surface area contributed by atoms with Crippen LogP contribution in [0.25, 0.3) is 10.2 Å². The van der Waals surface area contributed by atoms with E-state index in [1.54, 1.807) is 12.1 Å². The Morgan fingerprint density at radius 2 is 2.08 bits per heavy atom. The lowest BCUT2D eigenvalue weighted by Gasteiger charge is -2.08. The van der Waals surface area contributed by atoms with Gasteiger partial charge in [0.25, 0.3) is 5.91 Å². The van der Waals surface area contributed by atoms with Gasteiger partial charge in [-0.1, -0.05) is 42.0 Å². The molecule has 0 unspecified atom stereocenters. The van der Waals surface area contributed by atoms with Gasteiger partial charge < -0.3 is 10.1 Å². The third kappa shape index (κ3) is 4.19. The van der Waals surface area contributed by atoms with Gasteiger partial charge in [-0.3, -0.25) is 10.2 Å². The fourth-order valence-electron chi connectivity index (χ4n) is 2.29. The molecule has 6 nitrogen and oxygen atoms in total. The molecule has 1 amide bonds. The highest BCUT2D eigenvalue weighted by Gasteiger charge is 2.11. The molecule has 0 aliphatic heterocycles. The van der Waals surface area contributed by atoms with Gasteiger partial charge in [0, 0.05) is 5.69 Å². The Morgan fingerprint density at radius 3 is 2.76 bits per heavy atom. The number of amides is 1. The average Bonchev–Trinajstić information content (AvgIpc) is 3.04. The Hall–Kier alpha value is -2.35. The number of carbonyl (C=O) groups excluding carboxylic acids is 1. The van der Waals surface area contributed by atoms with Gasteiger partial charge >= 0.3 is 0 Å². The first kappa shape index (κ1) is 17.5. The SMILES string of the molecule is CCc1ccc(OCC(=O)Nc2cc(Cl)c3nc(NN)sc3c2)cc1. The van der Waals surface area contributed by atoms with Crippen LogP contribution in [0.3, 0.4) is 0 Å². The minimum Gasteiger partial charge on any atom is -0.484 e. The first-order valence-electron chi connectivity index (χ1n) is 7.67. The van der Waals surface area contributed by atoms with E-state index in [-0.39, 0.29) is 12.5 Å². The number of anilines is 2. The van der Waals surface area contributed by atoms with E-state index in [1.807, 2.05) is 24.3 Å². The van der Waals surface area contributed by atoms with Crippen molar-refractivity contribution in [2.24, 2.45) is 5.84 Å². The Labute approximate surface area is 153 Å². The van der Waals surface area contributed by atoms with Crippen molar-refractivity contribution in [2.45, 2.75) is 13.3 Å². The normalized spacial score (nSPS) is 10.7. The van der Waals surface area contributed by atoms with Crippen LogP contribution >= 0.6 is 22.9 Å². The first-order valence-corrected chi connectivity index (χ1v) is 8.86. The summed E-state index contributed by atoms with van der Waals surface area (Å²) in [5.74, 6) is 5.75. The maximum Gasteiger partial charge on any atom is 0.262 e. The topological polar surface area (TPSA) is 89.3 Å². The number of hydrazine groups is 1. The van der Waals surface area contributed by atoms with Crippen LogP contribution in [0.2, 0.25) is 5.02 Å². The highest BCUT2D eigenvalue weighted by atomic mass is 35.5. The van der Waals surface area contributed by atoms with Gasteiger partial charge in [-0.15, -0.1) is 0 Å². The van der Waals surface area contributed by atoms with Gasteiger partial charge in [-0.05, 0) is 36.2 Å². The molecule has 1 heterocycles. The molecule has 4 N–H and O–H groups in total. The maximum atomic E-state index is 12.1. The zero-order chi connectivity index (χ0) is 17.8. The fourth-order valence-corrected chi connectivity index (χ4v) is 3.45. The van der Waals surface area contributed by atoms with Crippen LogP contribution in [0.15, 0.2) is 36.4 Å². The highest BCUT2D eigenvalue weighted by Crippen LogP contribution is 2.33. The molecule has 8 heteroatoms. The van der Waals surface area contributed by atoms with Crippen LogP contribution in [-0.2, 0) is 11.2 Å². The smallest absolute Gasteiger partial charge is 0.262 e. The van der Waals surface area contributed by atoms with Gasteiger partial charge in [0.1, 0.15) is 11.3 Å². The van der Waals surface area contributed by atoms with Gasteiger partial charge in [-0.2, -0.15) is 0 Å². The van der Waals surface area contributed by atoms with E-state index in [0.29, 0.717) is 27.1 Å². The average molecular weight is 377 g/mol. The van der Waals surface area contributed by atoms with Crippen LogP contribution < -0.4 is 21.3 Å². The summed E-state index contributed by atoms with van der Waals surface area (Å²) in [6, 6.07) is 11.1. The zero-order valence-electron chi connectivity index (χ0n) is 13.5. The molecule has 0 aliphatic carbocycles. The molecular weight excluding hydrogens is 360 g/mol. The largest absolute Gasteiger partial charge is 0.484 e. The van der Waals surface area contributed by atoms with Crippen molar-refractivity contribution < 1.29 is 9.53 Å². The standard InChI is InChI=1S/C17H17ClN4O2S/c1-2-10-3-5-12(6-4-10)24-9-15(23)20-11-7-13(18)16-14(8-11)25-17(21-16)22-19/h3-8H,2,9,19H2,1H3,(H,20,23)(H,21,22). The molecule has 0 saturated heterocycles. The number of halogens is 1. The number of carbonyl (C=O) groups is 1. The summed E-state index contributed by atoms with van der Waals surface area (Å²) in [4.78, 5) is 16.3.